The summed E-state index contributed by atoms with van der Waals surface area (Å²) in [6.45, 7) is 2.48. The average molecular weight is 393 g/mol. The van der Waals surface area contributed by atoms with Crippen molar-refractivity contribution in [1.29, 1.82) is 0 Å². The van der Waals surface area contributed by atoms with Gasteiger partial charge in [-0.1, -0.05) is 24.3 Å². The van der Waals surface area contributed by atoms with Crippen LogP contribution in [0.15, 0.2) is 47.3 Å². The van der Waals surface area contributed by atoms with Crippen molar-refractivity contribution >= 4 is 16.7 Å². The Bertz CT molecular complexity index is 1120. The standard InChI is InChI=1S/C22H23N3O4/c1-14(15-9-10-19-16(12-15)6-5-11-29-19)23-20(26)13-25-22(27)18-8-4-3-7-17(18)21(24-25)28-2/h3-4,7-10,12,14H,5-6,11,13H2,1-2H3,(H,23,26)/t14-/m1/s1. The predicted molar refractivity (Wildman–Crippen MR) is 109 cm³/mol. The first kappa shape index (κ1) is 19.0. The number of aryl methyl sites for hydroxylation is 1. The fourth-order valence-corrected chi connectivity index (χ4v) is 3.62. The smallest absolute Gasteiger partial charge is 0.275 e. The van der Waals surface area contributed by atoms with Crippen LogP contribution >= 0.6 is 0 Å². The van der Waals surface area contributed by atoms with Gasteiger partial charge in [-0.2, -0.15) is 0 Å². The molecule has 1 aromatic heterocycles. The zero-order valence-electron chi connectivity index (χ0n) is 16.5. The maximum absolute atomic E-state index is 12.7. The normalized spacial score (nSPS) is 14.0. The van der Waals surface area contributed by atoms with E-state index in [9.17, 15) is 9.59 Å². The molecule has 1 aliphatic rings. The molecule has 0 aliphatic carbocycles. The number of benzene rings is 2. The summed E-state index contributed by atoms with van der Waals surface area (Å²) in [5.74, 6) is 0.937. The summed E-state index contributed by atoms with van der Waals surface area (Å²) in [4.78, 5) is 25.3. The maximum Gasteiger partial charge on any atom is 0.275 e. The molecule has 0 bridgehead atoms. The van der Waals surface area contributed by atoms with Crippen molar-refractivity contribution in [3.63, 3.8) is 0 Å². The number of methoxy groups -OCH3 is 1. The largest absolute Gasteiger partial charge is 0.493 e. The van der Waals surface area contributed by atoms with Gasteiger partial charge in [0, 0.05) is 0 Å². The van der Waals surface area contributed by atoms with Crippen LogP contribution in [0.5, 0.6) is 11.6 Å². The molecule has 7 heteroatoms. The van der Waals surface area contributed by atoms with E-state index >= 15 is 0 Å². The van der Waals surface area contributed by atoms with Crippen LogP contribution in [0.4, 0.5) is 0 Å². The molecule has 0 saturated carbocycles. The summed E-state index contributed by atoms with van der Waals surface area (Å²) >= 11 is 0. The summed E-state index contributed by atoms with van der Waals surface area (Å²) in [6, 6.07) is 12.8. The SMILES string of the molecule is COc1nn(CC(=O)N[C@H](C)c2ccc3c(c2)CCCO3)c(=O)c2ccccc12. The lowest BCUT2D eigenvalue weighted by Gasteiger charge is -2.20. The van der Waals surface area contributed by atoms with Gasteiger partial charge in [0.15, 0.2) is 0 Å². The third-order valence-electron chi connectivity index (χ3n) is 5.13. The second-order valence-corrected chi connectivity index (χ2v) is 7.13. The summed E-state index contributed by atoms with van der Waals surface area (Å²) in [6.07, 6.45) is 1.97. The minimum atomic E-state index is -0.324. The summed E-state index contributed by atoms with van der Waals surface area (Å²) in [5, 5.41) is 8.24. The summed E-state index contributed by atoms with van der Waals surface area (Å²) in [7, 11) is 1.49. The molecule has 1 N–H and O–H groups in total. The molecular formula is C22H23N3O4. The molecule has 0 unspecified atom stereocenters. The van der Waals surface area contributed by atoms with Crippen LogP contribution in [0.25, 0.3) is 10.8 Å². The van der Waals surface area contributed by atoms with Crippen molar-refractivity contribution in [2.24, 2.45) is 0 Å². The molecule has 2 heterocycles. The van der Waals surface area contributed by atoms with Gasteiger partial charge in [0.25, 0.3) is 5.56 Å². The second-order valence-electron chi connectivity index (χ2n) is 7.13. The van der Waals surface area contributed by atoms with Crippen molar-refractivity contribution in [3.05, 3.63) is 63.9 Å². The lowest BCUT2D eigenvalue weighted by Crippen LogP contribution is -2.35. The Morgan fingerprint density at radius 1 is 1.28 bits per heavy atom. The first-order valence-electron chi connectivity index (χ1n) is 9.65. The predicted octanol–water partition coefficient (Wildman–Crippen LogP) is 2.61. The summed E-state index contributed by atoms with van der Waals surface area (Å²) in [5.41, 5.74) is 1.83. The quantitative estimate of drug-likeness (QED) is 0.721. The topological polar surface area (TPSA) is 82.5 Å². The fraction of sp³-hybridized carbons (Fsp3) is 0.318. The first-order valence-corrected chi connectivity index (χ1v) is 9.65. The minimum Gasteiger partial charge on any atom is -0.493 e. The number of aromatic nitrogens is 2. The number of nitrogens with one attached hydrogen (secondary N) is 1. The van der Waals surface area contributed by atoms with E-state index in [1.165, 1.54) is 7.11 Å². The monoisotopic (exact) mass is 393 g/mol. The molecule has 7 nitrogen and oxygen atoms in total. The van der Waals surface area contributed by atoms with Crippen LogP contribution in [-0.4, -0.2) is 29.4 Å². The van der Waals surface area contributed by atoms with Crippen molar-refractivity contribution in [1.82, 2.24) is 15.1 Å². The van der Waals surface area contributed by atoms with Crippen LogP contribution in [0, 0.1) is 0 Å². The first-order chi connectivity index (χ1) is 14.1. The Hall–Kier alpha value is -3.35. The van der Waals surface area contributed by atoms with Gasteiger partial charge in [0.05, 0.1) is 30.5 Å². The van der Waals surface area contributed by atoms with E-state index in [1.807, 2.05) is 25.1 Å². The van der Waals surface area contributed by atoms with Crippen molar-refractivity contribution < 1.29 is 14.3 Å². The van der Waals surface area contributed by atoms with E-state index in [0.29, 0.717) is 16.7 Å². The van der Waals surface area contributed by atoms with Crippen molar-refractivity contribution in [3.8, 4) is 11.6 Å². The van der Waals surface area contributed by atoms with Crippen molar-refractivity contribution in [2.45, 2.75) is 32.4 Å². The lowest BCUT2D eigenvalue weighted by molar-refractivity contribution is -0.122. The van der Waals surface area contributed by atoms with Gasteiger partial charge >= 0.3 is 0 Å². The van der Waals surface area contributed by atoms with Gasteiger partial charge < -0.3 is 14.8 Å². The van der Waals surface area contributed by atoms with Crippen LogP contribution in [0.1, 0.15) is 30.5 Å². The van der Waals surface area contributed by atoms with Gasteiger partial charge in [-0.3, -0.25) is 9.59 Å². The highest BCUT2D eigenvalue weighted by Crippen LogP contribution is 2.27. The molecule has 1 aliphatic heterocycles. The molecule has 0 radical (unpaired) electrons. The van der Waals surface area contributed by atoms with Crippen molar-refractivity contribution in [2.75, 3.05) is 13.7 Å². The second kappa shape index (κ2) is 7.95. The Balaban J connectivity index is 1.53. The van der Waals surface area contributed by atoms with E-state index in [2.05, 4.69) is 16.5 Å². The number of fused-ring (bicyclic) bond motifs is 2. The highest BCUT2D eigenvalue weighted by atomic mass is 16.5. The van der Waals surface area contributed by atoms with Crippen LogP contribution < -0.4 is 20.3 Å². The molecule has 2 aromatic carbocycles. The minimum absolute atomic E-state index is 0.182. The number of hydrogen-bond donors (Lipinski definition) is 1. The number of hydrogen-bond acceptors (Lipinski definition) is 5. The van der Waals surface area contributed by atoms with Gasteiger partial charge in [-0.05, 0) is 49.1 Å². The third kappa shape index (κ3) is 3.81. The van der Waals surface area contributed by atoms with E-state index in [1.54, 1.807) is 18.2 Å². The molecule has 29 heavy (non-hydrogen) atoms. The molecule has 0 saturated heterocycles. The zero-order chi connectivity index (χ0) is 20.4. The number of carbonyl (C=O) groups excluding carboxylic acids is 1. The van der Waals surface area contributed by atoms with E-state index in [0.717, 1.165) is 41.0 Å². The fourth-order valence-electron chi connectivity index (χ4n) is 3.62. The van der Waals surface area contributed by atoms with Crippen LogP contribution in [0.2, 0.25) is 0 Å². The van der Waals surface area contributed by atoms with E-state index in [4.69, 9.17) is 9.47 Å². The molecule has 0 fully saturated rings. The molecule has 150 valence electrons. The van der Waals surface area contributed by atoms with E-state index in [-0.39, 0.29) is 24.1 Å². The molecule has 1 amide bonds. The average Bonchev–Trinajstić information content (AvgIpc) is 2.75. The highest BCUT2D eigenvalue weighted by Gasteiger charge is 2.17. The Labute approximate surface area is 168 Å². The van der Waals surface area contributed by atoms with Gasteiger partial charge in [0.1, 0.15) is 12.3 Å². The summed E-state index contributed by atoms with van der Waals surface area (Å²) < 4.78 is 12.1. The highest BCUT2D eigenvalue weighted by molar-refractivity contribution is 5.86. The van der Waals surface area contributed by atoms with Gasteiger partial charge in [-0.15, -0.1) is 5.10 Å². The molecular weight excluding hydrogens is 370 g/mol. The lowest BCUT2D eigenvalue weighted by atomic mass is 10.00. The Morgan fingerprint density at radius 2 is 2.07 bits per heavy atom. The van der Waals surface area contributed by atoms with Crippen LogP contribution in [0.3, 0.4) is 0 Å². The number of ether oxygens (including phenoxy) is 2. The Morgan fingerprint density at radius 3 is 2.86 bits per heavy atom. The molecule has 4 rings (SSSR count). The maximum atomic E-state index is 12.7. The zero-order valence-corrected chi connectivity index (χ0v) is 16.5. The Kier molecular flexibility index (Phi) is 5.20. The number of carbonyl (C=O) groups is 1. The molecule has 3 aromatic rings. The molecule has 1 atom stereocenters. The van der Waals surface area contributed by atoms with E-state index < -0.39 is 0 Å². The number of amides is 1. The van der Waals surface area contributed by atoms with Gasteiger partial charge in [0.2, 0.25) is 11.8 Å². The third-order valence-corrected chi connectivity index (χ3v) is 5.13. The number of nitrogens with zero attached hydrogens (tertiary/aromatic N) is 2. The number of rotatable bonds is 5. The van der Waals surface area contributed by atoms with Gasteiger partial charge in [-0.25, -0.2) is 4.68 Å². The van der Waals surface area contributed by atoms with Crippen LogP contribution in [-0.2, 0) is 17.8 Å². The molecule has 0 spiro atoms.